The van der Waals surface area contributed by atoms with E-state index in [1.165, 1.54) is 0 Å². The van der Waals surface area contributed by atoms with E-state index in [4.69, 9.17) is 5.11 Å². The fraction of sp³-hybridized carbons (Fsp3) is 0.333. The molecule has 0 aromatic heterocycles. The van der Waals surface area contributed by atoms with Crippen LogP contribution < -0.4 is 5.32 Å². The molecule has 0 heterocycles. The van der Waals surface area contributed by atoms with Crippen molar-refractivity contribution in [2.75, 3.05) is 13.6 Å². The molecule has 0 aliphatic rings. The third-order valence-corrected chi connectivity index (χ3v) is 1.97. The topological polar surface area (TPSA) is 32.3 Å². The first-order valence-corrected chi connectivity index (χ1v) is 4.81. The van der Waals surface area contributed by atoms with Gasteiger partial charge in [0.15, 0.2) is 0 Å². The number of hydrogen-bond acceptors (Lipinski definition) is 2. The second-order valence-corrected chi connectivity index (χ2v) is 3.09. The molecule has 0 bridgehead atoms. The number of benzene rings is 1. The standard InChI is InChI=1S/C12H14FNO/c1-14-8-3-2-5-10-6-4-7-11(9-15)12(10)13/h4,6-7,14-15H,3,8-9H2,1H3. The first-order valence-electron chi connectivity index (χ1n) is 4.81. The van der Waals surface area contributed by atoms with Crippen molar-refractivity contribution in [2.24, 2.45) is 0 Å². The van der Waals surface area contributed by atoms with E-state index in [-0.39, 0.29) is 12.2 Å². The molecule has 1 aromatic carbocycles. The van der Waals surface area contributed by atoms with E-state index in [1.807, 2.05) is 7.05 Å². The van der Waals surface area contributed by atoms with Gasteiger partial charge in [-0.1, -0.05) is 24.0 Å². The zero-order chi connectivity index (χ0) is 11.1. The summed E-state index contributed by atoms with van der Waals surface area (Å²) >= 11 is 0. The van der Waals surface area contributed by atoms with Crippen molar-refractivity contribution in [3.8, 4) is 11.8 Å². The van der Waals surface area contributed by atoms with Gasteiger partial charge in [-0.3, -0.25) is 0 Å². The number of nitrogens with one attached hydrogen (secondary N) is 1. The van der Waals surface area contributed by atoms with Crippen LogP contribution in [0.25, 0.3) is 0 Å². The molecule has 0 saturated carbocycles. The lowest BCUT2D eigenvalue weighted by Crippen LogP contribution is -2.05. The van der Waals surface area contributed by atoms with Crippen molar-refractivity contribution >= 4 is 0 Å². The van der Waals surface area contributed by atoms with Gasteiger partial charge in [-0.25, -0.2) is 4.39 Å². The first-order chi connectivity index (χ1) is 7.29. The Morgan fingerprint density at radius 1 is 1.47 bits per heavy atom. The third-order valence-electron chi connectivity index (χ3n) is 1.97. The molecule has 15 heavy (non-hydrogen) atoms. The normalized spacial score (nSPS) is 9.53. The number of aliphatic hydroxyl groups excluding tert-OH is 1. The molecule has 0 amide bonds. The maximum absolute atomic E-state index is 13.5. The van der Waals surface area contributed by atoms with E-state index >= 15 is 0 Å². The van der Waals surface area contributed by atoms with Gasteiger partial charge in [0.2, 0.25) is 0 Å². The molecule has 0 aliphatic carbocycles. The van der Waals surface area contributed by atoms with E-state index in [0.29, 0.717) is 12.0 Å². The van der Waals surface area contributed by atoms with Crippen molar-refractivity contribution in [3.63, 3.8) is 0 Å². The van der Waals surface area contributed by atoms with Crippen molar-refractivity contribution in [3.05, 3.63) is 35.1 Å². The zero-order valence-electron chi connectivity index (χ0n) is 8.68. The number of halogens is 1. The smallest absolute Gasteiger partial charge is 0.144 e. The van der Waals surface area contributed by atoms with Crippen molar-refractivity contribution in [1.29, 1.82) is 0 Å². The fourth-order valence-electron chi connectivity index (χ4n) is 1.14. The molecule has 0 radical (unpaired) electrons. The summed E-state index contributed by atoms with van der Waals surface area (Å²) in [6, 6.07) is 4.85. The van der Waals surface area contributed by atoms with Gasteiger partial charge in [-0.15, -0.1) is 0 Å². The Bertz CT molecular complexity index is 379. The quantitative estimate of drug-likeness (QED) is 0.578. The third kappa shape index (κ3) is 3.35. The molecule has 3 heteroatoms. The summed E-state index contributed by atoms with van der Waals surface area (Å²) in [5.74, 6) is 5.19. The lowest BCUT2D eigenvalue weighted by Gasteiger charge is -1.99. The summed E-state index contributed by atoms with van der Waals surface area (Å²) in [5.41, 5.74) is 0.632. The van der Waals surface area contributed by atoms with E-state index < -0.39 is 5.82 Å². The van der Waals surface area contributed by atoms with Gasteiger partial charge in [0.25, 0.3) is 0 Å². The SMILES string of the molecule is CNCCC#Cc1cccc(CO)c1F. The largest absolute Gasteiger partial charge is 0.392 e. The summed E-state index contributed by atoms with van der Waals surface area (Å²) in [4.78, 5) is 0. The summed E-state index contributed by atoms with van der Waals surface area (Å²) in [5, 5.41) is 11.8. The van der Waals surface area contributed by atoms with E-state index in [0.717, 1.165) is 6.54 Å². The average Bonchev–Trinajstić information content (AvgIpc) is 2.26. The van der Waals surface area contributed by atoms with Gasteiger partial charge < -0.3 is 10.4 Å². The Morgan fingerprint density at radius 3 is 2.93 bits per heavy atom. The lowest BCUT2D eigenvalue weighted by atomic mass is 10.1. The second-order valence-electron chi connectivity index (χ2n) is 3.09. The van der Waals surface area contributed by atoms with E-state index in [2.05, 4.69) is 17.2 Å². The van der Waals surface area contributed by atoms with Crippen LogP contribution in [0.4, 0.5) is 4.39 Å². The fourth-order valence-corrected chi connectivity index (χ4v) is 1.14. The van der Waals surface area contributed by atoms with Crippen LogP contribution in [-0.4, -0.2) is 18.7 Å². The van der Waals surface area contributed by atoms with Crippen molar-refractivity contribution < 1.29 is 9.50 Å². The summed E-state index contributed by atoms with van der Waals surface area (Å²) in [7, 11) is 1.84. The Labute approximate surface area is 89.1 Å². The number of rotatable bonds is 3. The minimum absolute atomic E-state index is 0.287. The van der Waals surface area contributed by atoms with Crippen LogP contribution in [0.1, 0.15) is 17.5 Å². The maximum Gasteiger partial charge on any atom is 0.144 e. The molecule has 2 N–H and O–H groups in total. The Balaban J connectivity index is 2.79. The van der Waals surface area contributed by atoms with Crippen LogP contribution in [0.2, 0.25) is 0 Å². The highest BCUT2D eigenvalue weighted by molar-refractivity contribution is 5.38. The van der Waals surface area contributed by atoms with Crippen LogP contribution in [0, 0.1) is 17.7 Å². The van der Waals surface area contributed by atoms with E-state index in [1.54, 1.807) is 18.2 Å². The lowest BCUT2D eigenvalue weighted by molar-refractivity contribution is 0.275. The van der Waals surface area contributed by atoms with Crippen LogP contribution in [0.5, 0.6) is 0 Å². The van der Waals surface area contributed by atoms with Crippen LogP contribution in [0.15, 0.2) is 18.2 Å². The average molecular weight is 207 g/mol. The first kappa shape index (κ1) is 11.7. The molecule has 0 unspecified atom stereocenters. The summed E-state index contributed by atoms with van der Waals surface area (Å²) in [6.07, 6.45) is 0.680. The van der Waals surface area contributed by atoms with Crippen LogP contribution >= 0.6 is 0 Å². The molecule has 0 aliphatic heterocycles. The molecule has 1 aromatic rings. The second kappa shape index (κ2) is 6.18. The van der Waals surface area contributed by atoms with Crippen LogP contribution in [0.3, 0.4) is 0 Å². The molecular weight excluding hydrogens is 193 g/mol. The molecule has 80 valence electrons. The van der Waals surface area contributed by atoms with Gasteiger partial charge in [-0.2, -0.15) is 0 Å². The minimum Gasteiger partial charge on any atom is -0.392 e. The Morgan fingerprint density at radius 2 is 2.27 bits per heavy atom. The number of hydrogen-bond donors (Lipinski definition) is 2. The maximum atomic E-state index is 13.5. The van der Waals surface area contributed by atoms with Gasteiger partial charge in [-0.05, 0) is 13.1 Å². The van der Waals surface area contributed by atoms with Gasteiger partial charge in [0.05, 0.1) is 12.2 Å². The Kier molecular flexibility index (Phi) is 4.82. The summed E-state index contributed by atoms with van der Waals surface area (Å²) in [6.45, 7) is 0.492. The van der Waals surface area contributed by atoms with Crippen molar-refractivity contribution in [1.82, 2.24) is 5.32 Å². The molecule has 0 spiro atoms. The highest BCUT2D eigenvalue weighted by Crippen LogP contribution is 2.11. The molecule has 2 nitrogen and oxygen atoms in total. The van der Waals surface area contributed by atoms with Crippen molar-refractivity contribution in [2.45, 2.75) is 13.0 Å². The van der Waals surface area contributed by atoms with Crippen LogP contribution in [-0.2, 0) is 6.61 Å². The minimum atomic E-state index is -0.419. The highest BCUT2D eigenvalue weighted by atomic mass is 19.1. The molecular formula is C12H14FNO. The highest BCUT2D eigenvalue weighted by Gasteiger charge is 2.03. The Hall–Kier alpha value is -1.37. The molecule has 1 rings (SSSR count). The molecule has 0 atom stereocenters. The van der Waals surface area contributed by atoms with Gasteiger partial charge in [0.1, 0.15) is 5.82 Å². The van der Waals surface area contributed by atoms with E-state index in [9.17, 15) is 4.39 Å². The molecule has 0 saturated heterocycles. The number of aliphatic hydroxyl groups is 1. The predicted octanol–water partition coefficient (Wildman–Crippen LogP) is 1.28. The van der Waals surface area contributed by atoms with Gasteiger partial charge >= 0.3 is 0 Å². The zero-order valence-corrected chi connectivity index (χ0v) is 8.68. The molecule has 0 fully saturated rings. The predicted molar refractivity (Wildman–Crippen MR) is 57.7 cm³/mol. The van der Waals surface area contributed by atoms with Gasteiger partial charge in [0, 0.05) is 18.5 Å². The summed E-state index contributed by atoms with van der Waals surface area (Å²) < 4.78 is 13.5. The monoisotopic (exact) mass is 207 g/mol.